The molecule has 0 aromatic heterocycles. The number of benzene rings is 2. The maximum atomic E-state index is 13.2. The van der Waals surface area contributed by atoms with Gasteiger partial charge in [0.05, 0.1) is 0 Å². The van der Waals surface area contributed by atoms with Crippen LogP contribution >= 0.6 is 0 Å². The molecule has 0 spiro atoms. The molecule has 0 aliphatic carbocycles. The Bertz CT molecular complexity index is 851. The number of rotatable bonds is 7. The van der Waals surface area contributed by atoms with Crippen molar-refractivity contribution in [2.45, 2.75) is 31.0 Å². The Morgan fingerprint density at radius 2 is 1.50 bits per heavy atom. The maximum absolute atomic E-state index is 13.2. The Hall–Kier alpha value is -2.70. The first-order valence-corrected chi connectivity index (χ1v) is 10.7. The highest BCUT2D eigenvalue weighted by molar-refractivity contribution is 5.89. The van der Waals surface area contributed by atoms with Gasteiger partial charge in [0, 0.05) is 6.54 Å². The van der Waals surface area contributed by atoms with Crippen molar-refractivity contribution >= 4 is 11.9 Å². The Morgan fingerprint density at radius 3 is 2.00 bits per heavy atom. The highest BCUT2D eigenvalue weighted by atomic mass is 16.5. The lowest BCUT2D eigenvalue weighted by Crippen LogP contribution is -2.53. The van der Waals surface area contributed by atoms with Crippen molar-refractivity contribution in [2.75, 3.05) is 26.7 Å². The van der Waals surface area contributed by atoms with Crippen molar-refractivity contribution in [1.29, 1.82) is 0 Å². The van der Waals surface area contributed by atoms with Crippen LogP contribution in [0.5, 0.6) is 0 Å². The molecule has 3 aliphatic heterocycles. The van der Waals surface area contributed by atoms with E-state index in [1.165, 1.54) is 0 Å². The summed E-state index contributed by atoms with van der Waals surface area (Å²) in [6, 6.07) is 17.4. The first-order valence-electron chi connectivity index (χ1n) is 10.7. The molecule has 0 radical (unpaired) electrons. The van der Waals surface area contributed by atoms with Gasteiger partial charge in [-0.3, -0.25) is 9.69 Å². The van der Waals surface area contributed by atoms with Gasteiger partial charge in [0.2, 0.25) is 5.91 Å². The predicted molar refractivity (Wildman–Crippen MR) is 115 cm³/mol. The quantitative estimate of drug-likeness (QED) is 0.690. The van der Waals surface area contributed by atoms with E-state index in [2.05, 4.69) is 15.5 Å². The van der Waals surface area contributed by atoms with Gasteiger partial charge < -0.3 is 15.4 Å². The maximum Gasteiger partial charge on any atom is 0.333 e. The molecule has 5 rings (SSSR count). The Balaban J connectivity index is 1.51. The summed E-state index contributed by atoms with van der Waals surface area (Å²) in [6.07, 6.45) is 2.03. The van der Waals surface area contributed by atoms with E-state index in [9.17, 15) is 9.59 Å². The van der Waals surface area contributed by atoms with E-state index < -0.39 is 18.1 Å². The second kappa shape index (κ2) is 9.41. The molecule has 2 unspecified atom stereocenters. The molecule has 3 fully saturated rings. The van der Waals surface area contributed by atoms with Gasteiger partial charge in [-0.2, -0.15) is 0 Å². The molecule has 3 heterocycles. The number of ether oxygens (including phenoxy) is 1. The molecule has 2 aromatic carbocycles. The Morgan fingerprint density at radius 1 is 0.933 bits per heavy atom. The zero-order valence-electron chi connectivity index (χ0n) is 17.3. The van der Waals surface area contributed by atoms with Crippen molar-refractivity contribution in [3.05, 3.63) is 71.8 Å². The lowest BCUT2D eigenvalue weighted by molar-refractivity contribution is -0.162. The van der Waals surface area contributed by atoms with Crippen molar-refractivity contribution in [3.63, 3.8) is 0 Å². The lowest BCUT2D eigenvalue weighted by Gasteiger charge is -2.44. The van der Waals surface area contributed by atoms with E-state index in [4.69, 9.17) is 4.74 Å². The molecule has 3 atom stereocenters. The number of fused-ring (bicyclic) bond motifs is 3. The number of nitrogens with zero attached hydrogens (tertiary/aromatic N) is 1. The summed E-state index contributed by atoms with van der Waals surface area (Å²) >= 11 is 0. The SMILES string of the molecule is CNC(C(=O)NC(C(=O)O[C@H]1CN2CCC1CC2)c1ccccc1)c1ccccc1. The first kappa shape index (κ1) is 20.6. The van der Waals surface area contributed by atoms with E-state index in [1.54, 1.807) is 7.05 Å². The summed E-state index contributed by atoms with van der Waals surface area (Å²) in [7, 11) is 1.74. The molecule has 3 saturated heterocycles. The number of esters is 1. The number of hydrogen-bond donors (Lipinski definition) is 2. The van der Waals surface area contributed by atoms with Gasteiger partial charge in [-0.25, -0.2) is 4.79 Å². The fraction of sp³-hybridized carbons (Fsp3) is 0.417. The van der Waals surface area contributed by atoms with Gasteiger partial charge in [0.1, 0.15) is 12.1 Å². The normalized spacial score (nSPS) is 24.6. The van der Waals surface area contributed by atoms with Crippen LogP contribution in [0, 0.1) is 5.92 Å². The molecule has 3 aliphatic rings. The number of carbonyl (C=O) groups excluding carboxylic acids is 2. The van der Waals surface area contributed by atoms with Crippen molar-refractivity contribution in [1.82, 2.24) is 15.5 Å². The van der Waals surface area contributed by atoms with Gasteiger partial charge in [0.25, 0.3) is 0 Å². The zero-order chi connectivity index (χ0) is 20.9. The van der Waals surface area contributed by atoms with E-state index >= 15 is 0 Å². The molecule has 0 saturated carbocycles. The molecule has 158 valence electrons. The van der Waals surface area contributed by atoms with Gasteiger partial charge >= 0.3 is 5.97 Å². The van der Waals surface area contributed by atoms with Gasteiger partial charge in [-0.1, -0.05) is 60.7 Å². The average molecular weight is 408 g/mol. The second-order valence-electron chi connectivity index (χ2n) is 8.10. The van der Waals surface area contributed by atoms with E-state index in [0.717, 1.165) is 43.6 Å². The molecule has 2 aromatic rings. The average Bonchev–Trinajstić information content (AvgIpc) is 2.80. The minimum atomic E-state index is -0.839. The number of amides is 1. The van der Waals surface area contributed by atoms with Crippen LogP contribution < -0.4 is 10.6 Å². The highest BCUT2D eigenvalue weighted by Crippen LogP contribution is 2.30. The summed E-state index contributed by atoms with van der Waals surface area (Å²) in [4.78, 5) is 28.6. The van der Waals surface area contributed by atoms with Crippen LogP contribution in [0.4, 0.5) is 0 Å². The van der Waals surface area contributed by atoms with E-state index in [-0.39, 0.29) is 12.0 Å². The van der Waals surface area contributed by atoms with Gasteiger partial charge in [-0.05, 0) is 50.0 Å². The third-order valence-corrected chi connectivity index (χ3v) is 6.20. The summed E-state index contributed by atoms with van der Waals surface area (Å²) in [6.45, 7) is 2.95. The molecule has 1 amide bonds. The molecule has 6 heteroatoms. The monoisotopic (exact) mass is 407 g/mol. The molecular formula is C24H29N3O3. The van der Waals surface area contributed by atoms with Crippen LogP contribution in [0.15, 0.2) is 60.7 Å². The molecule has 30 heavy (non-hydrogen) atoms. The smallest absolute Gasteiger partial charge is 0.333 e. The molecule has 6 nitrogen and oxygen atoms in total. The summed E-state index contributed by atoms with van der Waals surface area (Å²) in [5.74, 6) is -0.236. The Labute approximate surface area is 177 Å². The minimum absolute atomic E-state index is 0.0997. The van der Waals surface area contributed by atoms with Gasteiger partial charge in [0.15, 0.2) is 6.04 Å². The number of piperidine rings is 3. The number of nitrogens with one attached hydrogen (secondary N) is 2. The number of hydrogen-bond acceptors (Lipinski definition) is 5. The third kappa shape index (κ3) is 4.55. The van der Waals surface area contributed by atoms with Crippen LogP contribution in [-0.2, 0) is 14.3 Å². The standard InChI is InChI=1S/C24H29N3O3/c1-25-21(18-8-4-2-5-9-18)23(28)26-22(19-10-6-3-7-11-19)24(29)30-20-16-27-14-12-17(20)13-15-27/h2-11,17,20-22,25H,12-16H2,1H3,(H,26,28)/t20-,21?,22?/m0/s1. The van der Waals surface area contributed by atoms with Crippen molar-refractivity contribution in [2.24, 2.45) is 5.92 Å². The van der Waals surface area contributed by atoms with Crippen molar-refractivity contribution in [3.8, 4) is 0 Å². The minimum Gasteiger partial charge on any atom is -0.459 e. The van der Waals surface area contributed by atoms with Crippen LogP contribution in [0.3, 0.4) is 0 Å². The summed E-state index contributed by atoms with van der Waals surface area (Å²) in [5, 5.41) is 5.97. The molecule has 2 N–H and O–H groups in total. The van der Waals surface area contributed by atoms with Gasteiger partial charge in [-0.15, -0.1) is 0 Å². The Kier molecular flexibility index (Phi) is 6.45. The number of carbonyl (C=O) groups is 2. The summed E-state index contributed by atoms with van der Waals surface area (Å²) in [5.41, 5.74) is 1.56. The van der Waals surface area contributed by atoms with Crippen molar-refractivity contribution < 1.29 is 14.3 Å². The second-order valence-corrected chi connectivity index (χ2v) is 8.10. The fourth-order valence-corrected chi connectivity index (χ4v) is 4.51. The molecular weight excluding hydrogens is 378 g/mol. The topological polar surface area (TPSA) is 70.7 Å². The van der Waals surface area contributed by atoms with Crippen LogP contribution in [0.1, 0.15) is 36.1 Å². The third-order valence-electron chi connectivity index (χ3n) is 6.20. The van der Waals surface area contributed by atoms with Crippen LogP contribution in [0.2, 0.25) is 0 Å². The first-order chi connectivity index (χ1) is 14.7. The zero-order valence-corrected chi connectivity index (χ0v) is 17.3. The summed E-state index contributed by atoms with van der Waals surface area (Å²) < 4.78 is 5.95. The number of likely N-dealkylation sites (N-methyl/N-ethyl adjacent to an activating group) is 1. The van der Waals surface area contributed by atoms with Crippen LogP contribution in [-0.4, -0.2) is 49.6 Å². The van der Waals surface area contributed by atoms with Crippen LogP contribution in [0.25, 0.3) is 0 Å². The largest absolute Gasteiger partial charge is 0.459 e. The molecule has 2 bridgehead atoms. The predicted octanol–water partition coefficient (Wildman–Crippen LogP) is 2.44. The van der Waals surface area contributed by atoms with E-state index in [1.807, 2.05) is 60.7 Å². The lowest BCUT2D eigenvalue weighted by atomic mass is 9.86. The highest BCUT2D eigenvalue weighted by Gasteiger charge is 2.38. The fourth-order valence-electron chi connectivity index (χ4n) is 4.51. The van der Waals surface area contributed by atoms with E-state index in [0.29, 0.717) is 5.92 Å².